The van der Waals surface area contributed by atoms with Crippen molar-refractivity contribution in [3.8, 4) is 5.69 Å². The van der Waals surface area contributed by atoms with Gasteiger partial charge in [-0.25, -0.2) is 23.1 Å². The summed E-state index contributed by atoms with van der Waals surface area (Å²) in [6, 6.07) is 2.98. The monoisotopic (exact) mass is 505 g/mol. The molecule has 0 bridgehead atoms. The third-order valence-corrected chi connectivity index (χ3v) is 6.37. The van der Waals surface area contributed by atoms with E-state index in [0.29, 0.717) is 23.2 Å². The van der Waals surface area contributed by atoms with Crippen LogP contribution < -0.4 is 4.90 Å². The largest absolute Gasteiger partial charge is 0.395 e. The van der Waals surface area contributed by atoms with E-state index in [1.165, 1.54) is 16.8 Å². The smallest absolute Gasteiger partial charge is 0.195 e. The maximum Gasteiger partial charge on any atom is 0.195 e. The van der Waals surface area contributed by atoms with Crippen LogP contribution in [0.4, 0.5) is 5.82 Å². The first-order chi connectivity index (χ1) is 14.6. The van der Waals surface area contributed by atoms with Crippen molar-refractivity contribution in [1.82, 2.24) is 19.7 Å². The Kier molecular flexibility index (Phi) is 7.32. The van der Waals surface area contributed by atoms with Crippen molar-refractivity contribution in [3.63, 3.8) is 0 Å². The highest BCUT2D eigenvalue weighted by Crippen LogP contribution is 2.37. The minimum Gasteiger partial charge on any atom is -0.395 e. The van der Waals surface area contributed by atoms with Crippen LogP contribution >= 0.6 is 34.8 Å². The molecule has 0 fully saturated rings. The molecule has 0 aliphatic carbocycles. The molecule has 168 valence electrons. The Morgan fingerprint density at radius 1 is 1.13 bits per heavy atom. The highest BCUT2D eigenvalue weighted by Gasteiger charge is 2.28. The lowest BCUT2D eigenvalue weighted by Crippen LogP contribution is -2.29. The van der Waals surface area contributed by atoms with Crippen molar-refractivity contribution in [2.24, 2.45) is 0 Å². The van der Waals surface area contributed by atoms with Gasteiger partial charge in [0.15, 0.2) is 20.5 Å². The van der Waals surface area contributed by atoms with Gasteiger partial charge in [-0.1, -0.05) is 48.1 Å². The number of sulfone groups is 1. The molecule has 0 amide bonds. The van der Waals surface area contributed by atoms with Crippen molar-refractivity contribution in [3.05, 3.63) is 33.0 Å². The summed E-state index contributed by atoms with van der Waals surface area (Å²) in [5.74, 6) is 0.794. The third kappa shape index (κ3) is 4.90. The lowest BCUT2D eigenvalue weighted by Gasteiger charge is -2.23. The first kappa shape index (κ1) is 24.0. The van der Waals surface area contributed by atoms with Gasteiger partial charge in [0.1, 0.15) is 22.7 Å². The number of nitrogens with zero attached hydrogens (tertiary/aromatic N) is 5. The first-order valence-corrected chi connectivity index (χ1v) is 12.6. The van der Waals surface area contributed by atoms with Crippen LogP contribution in [0.5, 0.6) is 0 Å². The van der Waals surface area contributed by atoms with Crippen LogP contribution in [0.1, 0.15) is 25.6 Å². The molecule has 0 spiro atoms. The van der Waals surface area contributed by atoms with Gasteiger partial charge >= 0.3 is 0 Å². The lowest BCUT2D eigenvalue weighted by molar-refractivity contribution is 0.301. The Labute approximate surface area is 195 Å². The highest BCUT2D eigenvalue weighted by atomic mass is 35.5. The van der Waals surface area contributed by atoms with Gasteiger partial charge in [-0.3, -0.25) is 0 Å². The number of aliphatic hydroxyl groups is 1. The Morgan fingerprint density at radius 2 is 1.77 bits per heavy atom. The van der Waals surface area contributed by atoms with Gasteiger partial charge in [-0.2, -0.15) is 5.10 Å². The van der Waals surface area contributed by atoms with E-state index < -0.39 is 9.84 Å². The van der Waals surface area contributed by atoms with E-state index in [9.17, 15) is 13.5 Å². The van der Waals surface area contributed by atoms with Crippen molar-refractivity contribution in [2.45, 2.75) is 31.7 Å². The summed E-state index contributed by atoms with van der Waals surface area (Å²) in [4.78, 5) is 10.8. The zero-order valence-corrected chi connectivity index (χ0v) is 20.3. The number of hydrogen-bond acceptors (Lipinski definition) is 7. The van der Waals surface area contributed by atoms with Crippen LogP contribution in [0, 0.1) is 6.92 Å². The summed E-state index contributed by atoms with van der Waals surface area (Å²) in [5, 5.41) is 14.7. The number of anilines is 1. The summed E-state index contributed by atoms with van der Waals surface area (Å²) in [6.07, 6.45) is 2.82. The molecule has 0 aliphatic rings. The number of rotatable bonds is 8. The molecule has 1 aromatic carbocycles. The number of benzene rings is 1. The van der Waals surface area contributed by atoms with Crippen LogP contribution in [0.2, 0.25) is 15.1 Å². The summed E-state index contributed by atoms with van der Waals surface area (Å²) >= 11 is 18.8. The topological polar surface area (TPSA) is 101 Å². The van der Waals surface area contributed by atoms with Gasteiger partial charge in [-0.15, -0.1) is 0 Å². The Bertz CT molecular complexity index is 1210. The van der Waals surface area contributed by atoms with Gasteiger partial charge in [0.05, 0.1) is 16.7 Å². The second-order valence-corrected chi connectivity index (χ2v) is 10.2. The average molecular weight is 507 g/mol. The normalized spacial score (nSPS) is 12.0. The van der Waals surface area contributed by atoms with Crippen molar-refractivity contribution in [1.29, 1.82) is 0 Å². The second kappa shape index (κ2) is 9.46. The molecular formula is C19H22Cl3N5O3S. The predicted octanol–water partition coefficient (Wildman–Crippen LogP) is 4.09. The quantitative estimate of drug-likeness (QED) is 0.491. The molecular weight excluding hydrogens is 485 g/mol. The Hall–Kier alpha value is -1.65. The number of fused-ring (bicyclic) bond motifs is 1. The third-order valence-electron chi connectivity index (χ3n) is 4.58. The van der Waals surface area contributed by atoms with E-state index in [1.807, 2.05) is 11.8 Å². The Balaban J connectivity index is 2.42. The summed E-state index contributed by atoms with van der Waals surface area (Å²) in [7, 11) is -3.77. The van der Waals surface area contributed by atoms with E-state index in [-0.39, 0.29) is 44.9 Å². The SMILES string of the molecule is CCCCN(CCO)c1nc(C)nc2c1c(S(C)(=O)=O)nn2-c1c(Cl)cc(Cl)cc1Cl. The molecule has 0 saturated carbocycles. The van der Waals surface area contributed by atoms with Gasteiger partial charge in [0.25, 0.3) is 0 Å². The van der Waals surface area contributed by atoms with E-state index in [4.69, 9.17) is 34.8 Å². The number of unbranched alkanes of at least 4 members (excludes halogenated alkanes) is 1. The molecule has 0 atom stereocenters. The summed E-state index contributed by atoms with van der Waals surface area (Å²) < 4.78 is 26.6. The number of halogens is 3. The van der Waals surface area contributed by atoms with Crippen LogP contribution in [0.15, 0.2) is 17.2 Å². The molecule has 0 saturated heterocycles. The fraction of sp³-hybridized carbons (Fsp3) is 0.421. The van der Waals surface area contributed by atoms with Gasteiger partial charge in [0.2, 0.25) is 0 Å². The van der Waals surface area contributed by atoms with Gasteiger partial charge < -0.3 is 10.0 Å². The molecule has 3 aromatic rings. The van der Waals surface area contributed by atoms with Gasteiger partial charge in [0, 0.05) is 24.4 Å². The summed E-state index contributed by atoms with van der Waals surface area (Å²) in [6.45, 7) is 4.48. The van der Waals surface area contributed by atoms with Crippen molar-refractivity contribution < 1.29 is 13.5 Å². The molecule has 0 aliphatic heterocycles. The number of aliphatic hydroxyl groups excluding tert-OH is 1. The predicted molar refractivity (Wildman–Crippen MR) is 124 cm³/mol. The van der Waals surface area contributed by atoms with E-state index >= 15 is 0 Å². The van der Waals surface area contributed by atoms with E-state index in [1.54, 1.807) is 6.92 Å². The zero-order valence-electron chi connectivity index (χ0n) is 17.2. The zero-order chi connectivity index (χ0) is 22.9. The van der Waals surface area contributed by atoms with Crippen LogP contribution in [-0.2, 0) is 9.84 Å². The highest BCUT2D eigenvalue weighted by molar-refractivity contribution is 7.90. The number of aryl methyl sites for hydroxylation is 1. The van der Waals surface area contributed by atoms with Gasteiger partial charge in [-0.05, 0) is 25.5 Å². The maximum absolute atomic E-state index is 12.7. The molecule has 8 nitrogen and oxygen atoms in total. The molecule has 2 heterocycles. The van der Waals surface area contributed by atoms with E-state index in [0.717, 1.165) is 19.1 Å². The minimum absolute atomic E-state index is 0.120. The van der Waals surface area contributed by atoms with Crippen LogP contribution in [0.25, 0.3) is 16.7 Å². The van der Waals surface area contributed by atoms with Crippen LogP contribution in [0.3, 0.4) is 0 Å². The first-order valence-electron chi connectivity index (χ1n) is 9.56. The fourth-order valence-corrected chi connectivity index (χ4v) is 5.01. The Morgan fingerprint density at radius 3 is 2.32 bits per heavy atom. The van der Waals surface area contributed by atoms with Crippen LogP contribution in [-0.4, -0.2) is 59.2 Å². The second-order valence-electron chi connectivity index (χ2n) is 7.06. The fourth-order valence-electron chi connectivity index (χ4n) is 3.25. The molecule has 0 unspecified atom stereocenters. The van der Waals surface area contributed by atoms with Crippen molar-refractivity contribution >= 4 is 61.5 Å². The standard InChI is InChI=1S/C19H22Cl3N5O3S/c1-4-5-6-26(7-8-28)17-15-18(24-11(2)23-17)27(25-19(15)31(3,29)30)16-13(21)9-12(20)10-14(16)22/h9-10,28H,4-8H2,1-3H3. The summed E-state index contributed by atoms with van der Waals surface area (Å²) in [5.41, 5.74) is 0.507. The molecule has 31 heavy (non-hydrogen) atoms. The number of hydrogen-bond donors (Lipinski definition) is 1. The maximum atomic E-state index is 12.7. The minimum atomic E-state index is -3.77. The number of aromatic nitrogens is 4. The van der Waals surface area contributed by atoms with E-state index in [2.05, 4.69) is 15.1 Å². The molecule has 2 aromatic heterocycles. The van der Waals surface area contributed by atoms with Crippen molar-refractivity contribution in [2.75, 3.05) is 30.9 Å². The molecule has 0 radical (unpaired) electrons. The average Bonchev–Trinajstić information content (AvgIpc) is 3.03. The molecule has 12 heteroatoms. The molecule has 1 N–H and O–H groups in total. The molecule has 3 rings (SSSR count). The lowest BCUT2D eigenvalue weighted by atomic mass is 10.2.